The largest absolute Gasteiger partial charge is 0.487 e. The van der Waals surface area contributed by atoms with E-state index in [0.29, 0.717) is 22.4 Å². The van der Waals surface area contributed by atoms with E-state index in [1.807, 2.05) is 13.8 Å². The van der Waals surface area contributed by atoms with Crippen LogP contribution in [0.25, 0.3) is 0 Å². The van der Waals surface area contributed by atoms with Gasteiger partial charge < -0.3 is 15.2 Å². The number of carboxylic acid groups (broad SMARTS) is 1. The molecule has 0 saturated carbocycles. The number of aromatic carboxylic acids is 1. The van der Waals surface area contributed by atoms with Gasteiger partial charge in [-0.2, -0.15) is 0 Å². The number of Topliss-reactive ketones (excluding diaryl/α,β-unsaturated/α-hetero) is 1. The molecule has 6 nitrogen and oxygen atoms in total. The van der Waals surface area contributed by atoms with Crippen LogP contribution in [-0.4, -0.2) is 28.4 Å². The minimum Gasteiger partial charge on any atom is -0.487 e. The van der Waals surface area contributed by atoms with Crippen LogP contribution in [0.3, 0.4) is 0 Å². The van der Waals surface area contributed by atoms with Gasteiger partial charge in [-0.15, -0.1) is 0 Å². The smallest absolute Gasteiger partial charge is 0.335 e. The predicted molar refractivity (Wildman–Crippen MR) is 94.7 cm³/mol. The van der Waals surface area contributed by atoms with Crippen LogP contribution in [0.4, 0.5) is 0 Å². The molecule has 6 heteroatoms. The zero-order valence-electron chi connectivity index (χ0n) is 14.5. The molecule has 26 heavy (non-hydrogen) atoms. The van der Waals surface area contributed by atoms with E-state index in [-0.39, 0.29) is 30.2 Å². The molecule has 134 valence electrons. The fourth-order valence-electron chi connectivity index (χ4n) is 2.89. The summed E-state index contributed by atoms with van der Waals surface area (Å²) in [6.45, 7) is 3.88. The molecule has 2 aromatic rings. The van der Waals surface area contributed by atoms with Crippen molar-refractivity contribution in [1.82, 2.24) is 5.32 Å². The fraction of sp³-hybridized carbons (Fsp3) is 0.250. The molecule has 0 saturated heterocycles. The molecule has 0 radical (unpaired) electrons. The van der Waals surface area contributed by atoms with Gasteiger partial charge >= 0.3 is 5.97 Å². The van der Waals surface area contributed by atoms with E-state index >= 15 is 0 Å². The van der Waals surface area contributed by atoms with Crippen LogP contribution < -0.4 is 10.1 Å². The van der Waals surface area contributed by atoms with Gasteiger partial charge in [-0.3, -0.25) is 9.59 Å². The SMILES string of the molecule is CC1(C)CC(=O)c2cc(C(=O)NCc3cccc(C(=O)O)c3)ccc2O1. The minimum atomic E-state index is -1.02. The highest BCUT2D eigenvalue weighted by Crippen LogP contribution is 2.33. The lowest BCUT2D eigenvalue weighted by atomic mass is 9.92. The number of carboxylic acids is 1. The number of fused-ring (bicyclic) bond motifs is 1. The number of ether oxygens (including phenoxy) is 1. The van der Waals surface area contributed by atoms with Gasteiger partial charge in [0.25, 0.3) is 5.91 Å². The number of benzene rings is 2. The number of rotatable bonds is 4. The molecule has 0 bridgehead atoms. The zero-order valence-corrected chi connectivity index (χ0v) is 14.5. The van der Waals surface area contributed by atoms with Crippen molar-refractivity contribution >= 4 is 17.7 Å². The molecule has 0 aliphatic carbocycles. The summed E-state index contributed by atoms with van der Waals surface area (Å²) in [4.78, 5) is 35.7. The molecule has 0 aromatic heterocycles. The Labute approximate surface area is 150 Å². The Bertz CT molecular complexity index is 901. The van der Waals surface area contributed by atoms with E-state index < -0.39 is 11.6 Å². The lowest BCUT2D eigenvalue weighted by Crippen LogP contribution is -2.36. The Balaban J connectivity index is 1.73. The highest BCUT2D eigenvalue weighted by molar-refractivity contribution is 6.03. The molecular weight excluding hydrogens is 334 g/mol. The average Bonchev–Trinajstić information content (AvgIpc) is 2.58. The molecule has 1 aliphatic heterocycles. The third kappa shape index (κ3) is 3.74. The van der Waals surface area contributed by atoms with Gasteiger partial charge in [-0.05, 0) is 49.7 Å². The highest BCUT2D eigenvalue weighted by Gasteiger charge is 2.32. The van der Waals surface area contributed by atoms with Crippen LogP contribution >= 0.6 is 0 Å². The maximum absolute atomic E-state index is 12.4. The van der Waals surface area contributed by atoms with Gasteiger partial charge in [0.1, 0.15) is 11.4 Å². The van der Waals surface area contributed by atoms with Crippen LogP contribution in [0, 0.1) is 0 Å². The first kappa shape index (κ1) is 17.7. The van der Waals surface area contributed by atoms with Crippen molar-refractivity contribution in [3.8, 4) is 5.75 Å². The van der Waals surface area contributed by atoms with Gasteiger partial charge in [-0.25, -0.2) is 4.79 Å². The molecule has 3 rings (SSSR count). The van der Waals surface area contributed by atoms with Crippen LogP contribution in [0.2, 0.25) is 0 Å². The molecule has 2 aromatic carbocycles. The second-order valence-electron chi connectivity index (χ2n) is 6.86. The maximum atomic E-state index is 12.4. The van der Waals surface area contributed by atoms with Crippen molar-refractivity contribution in [2.45, 2.75) is 32.4 Å². The highest BCUT2D eigenvalue weighted by atomic mass is 16.5. The average molecular weight is 353 g/mol. The van der Waals surface area contributed by atoms with Crippen LogP contribution in [-0.2, 0) is 6.54 Å². The summed E-state index contributed by atoms with van der Waals surface area (Å²) >= 11 is 0. The Morgan fingerprint density at radius 2 is 1.92 bits per heavy atom. The van der Waals surface area contributed by atoms with E-state index in [0.717, 1.165) is 0 Å². The zero-order chi connectivity index (χ0) is 18.9. The Morgan fingerprint density at radius 1 is 1.15 bits per heavy atom. The Morgan fingerprint density at radius 3 is 2.65 bits per heavy atom. The number of carbonyl (C=O) groups is 3. The van der Waals surface area contributed by atoms with Gasteiger partial charge in [0.15, 0.2) is 5.78 Å². The molecule has 2 N–H and O–H groups in total. The predicted octanol–water partition coefficient (Wildman–Crippen LogP) is 3.06. The van der Waals surface area contributed by atoms with Crippen molar-refractivity contribution in [1.29, 1.82) is 0 Å². The summed E-state index contributed by atoms with van der Waals surface area (Å²) in [5.74, 6) is -0.933. The number of nitrogens with one attached hydrogen (secondary N) is 1. The van der Waals surface area contributed by atoms with E-state index in [1.54, 1.807) is 24.3 Å². The van der Waals surface area contributed by atoms with Crippen LogP contribution in [0.15, 0.2) is 42.5 Å². The number of hydrogen-bond donors (Lipinski definition) is 2. The summed E-state index contributed by atoms with van der Waals surface area (Å²) in [6, 6.07) is 11.1. The summed E-state index contributed by atoms with van der Waals surface area (Å²) in [5.41, 5.74) is 1.05. The van der Waals surface area contributed by atoms with Gasteiger partial charge in [-0.1, -0.05) is 12.1 Å². The molecule has 0 atom stereocenters. The van der Waals surface area contributed by atoms with Crippen LogP contribution in [0.1, 0.15) is 56.9 Å². The van der Waals surface area contributed by atoms with Gasteiger partial charge in [0.05, 0.1) is 17.5 Å². The molecule has 1 amide bonds. The van der Waals surface area contributed by atoms with Crippen molar-refractivity contribution in [2.75, 3.05) is 0 Å². The minimum absolute atomic E-state index is 0.0555. The number of amides is 1. The Kier molecular flexibility index (Phi) is 4.50. The third-order valence-electron chi connectivity index (χ3n) is 4.14. The third-order valence-corrected chi connectivity index (χ3v) is 4.14. The van der Waals surface area contributed by atoms with Crippen molar-refractivity contribution < 1.29 is 24.2 Å². The van der Waals surface area contributed by atoms with E-state index in [9.17, 15) is 14.4 Å². The summed E-state index contributed by atoms with van der Waals surface area (Å²) in [5, 5.41) is 11.7. The van der Waals surface area contributed by atoms with E-state index in [4.69, 9.17) is 9.84 Å². The number of hydrogen-bond acceptors (Lipinski definition) is 4. The number of carbonyl (C=O) groups excluding carboxylic acids is 2. The molecular formula is C20H19NO5. The van der Waals surface area contributed by atoms with Crippen LogP contribution in [0.5, 0.6) is 5.75 Å². The normalized spacial score (nSPS) is 14.9. The standard InChI is InChI=1S/C20H19NO5/c1-20(2)10-16(22)15-9-13(6-7-17(15)26-20)18(23)21-11-12-4-3-5-14(8-12)19(24)25/h3-9H,10-11H2,1-2H3,(H,21,23)(H,24,25). The molecule has 0 spiro atoms. The van der Waals surface area contributed by atoms with E-state index in [1.165, 1.54) is 18.2 Å². The summed E-state index contributed by atoms with van der Waals surface area (Å²) in [7, 11) is 0. The topological polar surface area (TPSA) is 92.7 Å². The first-order valence-electron chi connectivity index (χ1n) is 8.22. The quantitative estimate of drug-likeness (QED) is 0.881. The van der Waals surface area contributed by atoms with E-state index in [2.05, 4.69) is 5.32 Å². The fourth-order valence-corrected chi connectivity index (χ4v) is 2.89. The second-order valence-corrected chi connectivity index (χ2v) is 6.86. The summed E-state index contributed by atoms with van der Waals surface area (Å²) < 4.78 is 5.78. The summed E-state index contributed by atoms with van der Waals surface area (Å²) in [6.07, 6.45) is 0.257. The number of ketones is 1. The lowest BCUT2D eigenvalue weighted by Gasteiger charge is -2.31. The Hall–Kier alpha value is -3.15. The first-order chi connectivity index (χ1) is 12.2. The molecule has 1 aliphatic rings. The second kappa shape index (κ2) is 6.63. The molecule has 1 heterocycles. The molecule has 0 fully saturated rings. The van der Waals surface area contributed by atoms with Crippen molar-refractivity contribution in [3.05, 3.63) is 64.7 Å². The monoisotopic (exact) mass is 353 g/mol. The first-order valence-corrected chi connectivity index (χ1v) is 8.22. The van der Waals surface area contributed by atoms with Gasteiger partial charge in [0, 0.05) is 12.1 Å². The van der Waals surface area contributed by atoms with Crippen molar-refractivity contribution in [2.24, 2.45) is 0 Å². The van der Waals surface area contributed by atoms with Gasteiger partial charge in [0.2, 0.25) is 0 Å². The maximum Gasteiger partial charge on any atom is 0.335 e. The lowest BCUT2D eigenvalue weighted by molar-refractivity contribution is 0.0618. The van der Waals surface area contributed by atoms with Crippen molar-refractivity contribution in [3.63, 3.8) is 0 Å². The molecule has 0 unspecified atom stereocenters.